The number of carboxylic acid groups (broad SMARTS) is 1. The van der Waals surface area contributed by atoms with Gasteiger partial charge in [0.1, 0.15) is 16.6 Å². The molecule has 0 bridgehead atoms. The van der Waals surface area contributed by atoms with Gasteiger partial charge in [0.2, 0.25) is 0 Å². The van der Waals surface area contributed by atoms with Crippen LogP contribution in [0.3, 0.4) is 0 Å². The third-order valence-corrected chi connectivity index (χ3v) is 5.80. The van der Waals surface area contributed by atoms with Gasteiger partial charge in [0.25, 0.3) is 5.91 Å². The molecule has 0 saturated carbocycles. The smallest absolute Gasteiger partial charge is 0.323 e. The van der Waals surface area contributed by atoms with E-state index in [0.717, 1.165) is 28.4 Å². The van der Waals surface area contributed by atoms with Gasteiger partial charge in [-0.2, -0.15) is 0 Å². The van der Waals surface area contributed by atoms with Crippen molar-refractivity contribution in [2.45, 2.75) is 19.4 Å². The number of rotatable bonds is 6. The second-order valence-electron chi connectivity index (χ2n) is 7.03. The highest BCUT2D eigenvalue weighted by atomic mass is 32.1. The number of aliphatic carboxylic acids is 1. The Morgan fingerprint density at radius 1 is 1.25 bits per heavy atom. The number of carbonyl (C=O) groups excluding carboxylic acids is 3. The Morgan fingerprint density at radius 3 is 2.62 bits per heavy atom. The highest BCUT2D eigenvalue weighted by Gasteiger charge is 2.41. The summed E-state index contributed by atoms with van der Waals surface area (Å²) in [5.41, 5.74) is 0.804. The highest BCUT2D eigenvalue weighted by molar-refractivity contribution is 7.14. The summed E-state index contributed by atoms with van der Waals surface area (Å²) >= 11 is 0.978. The van der Waals surface area contributed by atoms with Gasteiger partial charge in [0, 0.05) is 42.4 Å². The van der Waals surface area contributed by atoms with Crippen molar-refractivity contribution < 1.29 is 33.1 Å². The number of nitrogens with one attached hydrogen (secondary N) is 1. The van der Waals surface area contributed by atoms with E-state index in [4.69, 9.17) is 5.11 Å². The Kier molecular flexibility index (Phi) is 6.68. The van der Waals surface area contributed by atoms with E-state index in [1.807, 2.05) is 0 Å². The zero-order valence-electron chi connectivity index (χ0n) is 17.1. The SMILES string of the molecule is CC1=CC(=O)[C@H](N(C(=O)NCCC(=O)O)c2cc(-c3ccc(F)cc3F)cs2)C(=O)N1C. The van der Waals surface area contributed by atoms with Crippen LogP contribution in [0.1, 0.15) is 13.3 Å². The Labute approximate surface area is 185 Å². The van der Waals surface area contributed by atoms with Gasteiger partial charge in [-0.25, -0.2) is 13.6 Å². The third-order valence-electron chi connectivity index (χ3n) is 4.87. The van der Waals surface area contributed by atoms with Crippen LogP contribution in [-0.2, 0) is 14.4 Å². The van der Waals surface area contributed by atoms with Gasteiger partial charge in [-0.05, 0) is 30.7 Å². The molecule has 0 radical (unpaired) electrons. The number of carbonyl (C=O) groups is 4. The largest absolute Gasteiger partial charge is 0.481 e. The molecular weight excluding hydrogens is 444 g/mol. The first-order valence-corrected chi connectivity index (χ1v) is 10.3. The van der Waals surface area contributed by atoms with Gasteiger partial charge >= 0.3 is 12.0 Å². The lowest BCUT2D eigenvalue weighted by Gasteiger charge is -2.34. The quantitative estimate of drug-likeness (QED) is 0.641. The summed E-state index contributed by atoms with van der Waals surface area (Å²) < 4.78 is 27.5. The predicted molar refractivity (Wildman–Crippen MR) is 113 cm³/mol. The zero-order chi connectivity index (χ0) is 23.6. The van der Waals surface area contributed by atoms with Gasteiger partial charge in [-0.1, -0.05) is 0 Å². The first-order chi connectivity index (χ1) is 15.1. The molecule has 2 heterocycles. The Morgan fingerprint density at radius 2 is 1.97 bits per heavy atom. The van der Waals surface area contributed by atoms with Crippen LogP contribution in [0.5, 0.6) is 0 Å². The van der Waals surface area contributed by atoms with E-state index in [9.17, 15) is 28.0 Å². The first kappa shape index (κ1) is 23.1. The van der Waals surface area contributed by atoms with E-state index in [0.29, 0.717) is 11.3 Å². The Balaban J connectivity index is 2.00. The van der Waals surface area contributed by atoms with Gasteiger partial charge in [0.15, 0.2) is 11.8 Å². The summed E-state index contributed by atoms with van der Waals surface area (Å²) in [5.74, 6) is -3.96. The van der Waals surface area contributed by atoms with Crippen LogP contribution >= 0.6 is 11.3 Å². The number of anilines is 1. The second kappa shape index (κ2) is 9.27. The number of likely N-dealkylation sites (N-methyl/N-ethyl adjacent to an activating group) is 1. The van der Waals surface area contributed by atoms with Crippen LogP contribution in [0.25, 0.3) is 11.1 Å². The molecule has 1 aromatic heterocycles. The first-order valence-electron chi connectivity index (χ1n) is 9.42. The van der Waals surface area contributed by atoms with Gasteiger partial charge in [-0.3, -0.25) is 19.3 Å². The number of hydrogen-bond acceptors (Lipinski definition) is 5. The van der Waals surface area contributed by atoms with E-state index < -0.39 is 41.4 Å². The summed E-state index contributed by atoms with van der Waals surface area (Å²) in [6.45, 7) is 1.35. The van der Waals surface area contributed by atoms with Crippen molar-refractivity contribution in [3.63, 3.8) is 0 Å². The van der Waals surface area contributed by atoms with Crippen molar-refractivity contribution in [2.24, 2.45) is 0 Å². The molecule has 3 amide bonds. The molecule has 0 fully saturated rings. The minimum atomic E-state index is -1.52. The number of halogens is 2. The second-order valence-corrected chi connectivity index (χ2v) is 7.92. The maximum absolute atomic E-state index is 14.2. The number of ketones is 1. The zero-order valence-corrected chi connectivity index (χ0v) is 17.9. The van der Waals surface area contributed by atoms with Gasteiger partial charge < -0.3 is 15.3 Å². The Hall–Kier alpha value is -3.60. The molecule has 1 aliphatic heterocycles. The van der Waals surface area contributed by atoms with E-state index in [1.165, 1.54) is 35.5 Å². The average Bonchev–Trinajstić information content (AvgIpc) is 3.18. The van der Waals surface area contributed by atoms with Crippen LogP contribution < -0.4 is 10.2 Å². The molecule has 32 heavy (non-hydrogen) atoms. The molecule has 0 saturated heterocycles. The number of amides is 3. The predicted octanol–water partition coefficient (Wildman–Crippen LogP) is 3.00. The van der Waals surface area contributed by atoms with Crippen LogP contribution in [0.4, 0.5) is 18.6 Å². The number of nitrogens with zero attached hydrogens (tertiary/aromatic N) is 2. The summed E-state index contributed by atoms with van der Waals surface area (Å²) in [4.78, 5) is 51.4. The fourth-order valence-corrected chi connectivity index (χ4v) is 4.06. The molecule has 2 aromatic rings. The van der Waals surface area contributed by atoms with Crippen molar-refractivity contribution in [1.82, 2.24) is 10.2 Å². The number of urea groups is 1. The molecule has 1 atom stereocenters. The number of hydrogen-bond donors (Lipinski definition) is 2. The molecule has 0 aliphatic carbocycles. The fourth-order valence-electron chi connectivity index (χ4n) is 3.12. The number of benzene rings is 1. The molecule has 0 spiro atoms. The van der Waals surface area contributed by atoms with Gasteiger partial charge in [-0.15, -0.1) is 11.3 Å². The van der Waals surface area contributed by atoms with Crippen LogP contribution in [-0.4, -0.2) is 53.3 Å². The minimum absolute atomic E-state index is 0.0780. The molecule has 1 aliphatic rings. The molecule has 8 nitrogen and oxygen atoms in total. The van der Waals surface area contributed by atoms with E-state index >= 15 is 0 Å². The van der Waals surface area contributed by atoms with E-state index in [-0.39, 0.29) is 23.5 Å². The molecule has 168 valence electrons. The maximum Gasteiger partial charge on any atom is 0.323 e. The molecule has 0 unspecified atom stereocenters. The summed E-state index contributed by atoms with van der Waals surface area (Å²) in [5, 5.41) is 12.9. The maximum atomic E-state index is 14.2. The summed E-state index contributed by atoms with van der Waals surface area (Å²) in [6.07, 6.45) is 0.874. The number of carboxylic acids is 1. The molecular formula is C21H19F2N3O5S. The lowest BCUT2D eigenvalue weighted by atomic mass is 10.0. The monoisotopic (exact) mass is 463 g/mol. The number of thiophene rings is 1. The van der Waals surface area contributed by atoms with Crippen molar-refractivity contribution in [3.8, 4) is 11.1 Å². The average molecular weight is 463 g/mol. The standard InChI is InChI=1S/C21H19F2N3O5S/c1-11-7-16(27)19(20(30)25(11)2)26(21(31)24-6-5-18(28)29)17-8-12(10-32-17)14-4-3-13(22)9-15(14)23/h3-4,7-10,19H,5-6H2,1-2H3,(H,24,31)(H,28,29)/t19-/m0/s1. The van der Waals surface area contributed by atoms with Crippen molar-refractivity contribution in [2.75, 3.05) is 18.5 Å². The van der Waals surface area contributed by atoms with E-state index in [2.05, 4.69) is 5.32 Å². The van der Waals surface area contributed by atoms with E-state index in [1.54, 1.807) is 6.92 Å². The normalized spacial score (nSPS) is 16.1. The van der Waals surface area contributed by atoms with Crippen molar-refractivity contribution in [1.29, 1.82) is 0 Å². The molecule has 1 aromatic carbocycles. The van der Waals surface area contributed by atoms with Crippen LogP contribution in [0, 0.1) is 11.6 Å². The van der Waals surface area contributed by atoms with Crippen LogP contribution in [0.15, 0.2) is 41.4 Å². The van der Waals surface area contributed by atoms with Crippen LogP contribution in [0.2, 0.25) is 0 Å². The van der Waals surface area contributed by atoms with Gasteiger partial charge in [0.05, 0.1) is 6.42 Å². The topological polar surface area (TPSA) is 107 Å². The lowest BCUT2D eigenvalue weighted by Crippen LogP contribution is -2.58. The number of allylic oxidation sites excluding steroid dienone is 1. The fraction of sp³-hybridized carbons (Fsp3) is 0.238. The molecule has 2 N–H and O–H groups in total. The van der Waals surface area contributed by atoms with Crippen molar-refractivity contribution >= 4 is 40.0 Å². The Bertz CT molecular complexity index is 1130. The third kappa shape index (κ3) is 4.67. The highest BCUT2D eigenvalue weighted by Crippen LogP contribution is 2.35. The molecule has 11 heteroatoms. The van der Waals surface area contributed by atoms with Crippen molar-refractivity contribution in [3.05, 3.63) is 53.1 Å². The minimum Gasteiger partial charge on any atom is -0.481 e. The summed E-state index contributed by atoms with van der Waals surface area (Å²) in [7, 11) is 1.46. The molecule has 3 rings (SSSR count). The summed E-state index contributed by atoms with van der Waals surface area (Å²) in [6, 6.07) is 2.09. The lowest BCUT2D eigenvalue weighted by molar-refractivity contribution is -0.137.